The second-order valence-corrected chi connectivity index (χ2v) is 7.12. The predicted molar refractivity (Wildman–Crippen MR) is 108 cm³/mol. The van der Waals surface area contributed by atoms with E-state index in [1.54, 1.807) is 22.9 Å². The first-order valence-corrected chi connectivity index (χ1v) is 9.61. The van der Waals surface area contributed by atoms with E-state index >= 15 is 0 Å². The number of rotatable bonds is 6. The highest BCUT2D eigenvalue weighted by atomic mass is 16.5. The Morgan fingerprint density at radius 1 is 1.45 bits per heavy atom. The zero-order chi connectivity index (χ0) is 20.7. The number of hydrogen-bond acceptors (Lipinski definition) is 7. The van der Waals surface area contributed by atoms with Gasteiger partial charge in [-0.05, 0) is 45.0 Å². The summed E-state index contributed by atoms with van der Waals surface area (Å²) in [7, 11) is 0. The zero-order valence-electron chi connectivity index (χ0n) is 16.4. The second-order valence-electron chi connectivity index (χ2n) is 7.12. The molecule has 1 aliphatic heterocycles. The lowest BCUT2D eigenvalue weighted by Crippen LogP contribution is -2.27. The molecule has 10 nitrogen and oxygen atoms in total. The Bertz CT molecular complexity index is 1070. The van der Waals surface area contributed by atoms with Crippen LogP contribution in [0.4, 0.5) is 5.95 Å². The van der Waals surface area contributed by atoms with E-state index in [-0.39, 0.29) is 11.9 Å². The molecule has 0 saturated carbocycles. The molecule has 10 heteroatoms. The van der Waals surface area contributed by atoms with Crippen LogP contribution in [0.3, 0.4) is 0 Å². The number of imidazole rings is 1. The van der Waals surface area contributed by atoms with Crippen molar-refractivity contribution in [3.05, 3.63) is 35.2 Å². The Morgan fingerprint density at radius 3 is 2.93 bits per heavy atom. The van der Waals surface area contributed by atoms with Crippen LogP contribution in [0, 0.1) is 6.92 Å². The van der Waals surface area contributed by atoms with Crippen LogP contribution >= 0.6 is 0 Å². The number of anilines is 1. The molecular weight excluding hydrogens is 374 g/mol. The summed E-state index contributed by atoms with van der Waals surface area (Å²) < 4.78 is 9.49. The molecule has 0 bridgehead atoms. The van der Waals surface area contributed by atoms with Gasteiger partial charge in [0.2, 0.25) is 5.95 Å². The van der Waals surface area contributed by atoms with Crippen molar-refractivity contribution in [1.82, 2.24) is 19.3 Å². The summed E-state index contributed by atoms with van der Waals surface area (Å²) in [6.45, 7) is 5.21. The number of aliphatic hydroxyl groups excluding tert-OH is 1. The molecule has 3 aromatic rings. The molecule has 1 aromatic carbocycles. The molecule has 1 unspecified atom stereocenters. The summed E-state index contributed by atoms with van der Waals surface area (Å²) in [5, 5.41) is 17.0. The van der Waals surface area contributed by atoms with Crippen LogP contribution in [0.5, 0.6) is 5.75 Å². The van der Waals surface area contributed by atoms with Crippen molar-refractivity contribution in [2.75, 3.05) is 18.5 Å². The van der Waals surface area contributed by atoms with Crippen molar-refractivity contribution in [3.63, 3.8) is 0 Å². The van der Waals surface area contributed by atoms with Gasteiger partial charge in [0.05, 0.1) is 17.3 Å². The van der Waals surface area contributed by atoms with E-state index < -0.39 is 6.23 Å². The molecular formula is C19H25N7O3. The number of hydrogen-bond donors (Lipinski definition) is 4. The molecule has 0 fully saturated rings. The normalized spacial score (nSPS) is 16.7. The highest BCUT2D eigenvalue weighted by Crippen LogP contribution is 2.38. The van der Waals surface area contributed by atoms with E-state index in [0.717, 1.165) is 11.2 Å². The highest BCUT2D eigenvalue weighted by molar-refractivity contribution is 6.03. The van der Waals surface area contributed by atoms with Gasteiger partial charge in [-0.25, -0.2) is 4.98 Å². The third kappa shape index (κ3) is 3.35. The van der Waals surface area contributed by atoms with E-state index in [4.69, 9.17) is 16.2 Å². The Kier molecular flexibility index (Phi) is 4.99. The van der Waals surface area contributed by atoms with Crippen LogP contribution in [0.25, 0.3) is 11.0 Å². The number of nitrogens with two attached hydrogens (primary N) is 2. The topological polar surface area (TPSA) is 146 Å². The fraction of sp³-hybridized carbons (Fsp3) is 0.421. The Balaban J connectivity index is 1.80. The van der Waals surface area contributed by atoms with Crippen molar-refractivity contribution >= 4 is 22.9 Å². The molecule has 1 aliphatic rings. The van der Waals surface area contributed by atoms with Crippen LogP contribution in [0.15, 0.2) is 18.2 Å². The maximum Gasteiger partial charge on any atom is 0.276 e. The van der Waals surface area contributed by atoms with Gasteiger partial charge >= 0.3 is 0 Å². The molecule has 3 heterocycles. The van der Waals surface area contributed by atoms with E-state index in [1.165, 1.54) is 0 Å². The number of aryl methyl sites for hydroxylation is 2. The lowest BCUT2D eigenvalue weighted by molar-refractivity contribution is 0.101. The molecule has 0 aliphatic carbocycles. The minimum atomic E-state index is -1.15. The molecule has 0 saturated heterocycles. The molecule has 0 spiro atoms. The first kappa shape index (κ1) is 19.4. The molecule has 1 amide bonds. The quantitative estimate of drug-likeness (QED) is 0.453. The van der Waals surface area contributed by atoms with Crippen molar-refractivity contribution in [3.8, 4) is 5.75 Å². The van der Waals surface area contributed by atoms with Crippen LogP contribution < -0.4 is 21.5 Å². The number of benzene rings is 1. The summed E-state index contributed by atoms with van der Waals surface area (Å²) in [5.74, 6) is 0.675. The molecule has 4 rings (SSSR count). The van der Waals surface area contributed by atoms with Crippen LogP contribution in [0.1, 0.15) is 47.4 Å². The van der Waals surface area contributed by atoms with Crippen molar-refractivity contribution in [2.45, 2.75) is 39.1 Å². The summed E-state index contributed by atoms with van der Waals surface area (Å²) >= 11 is 0. The summed E-state index contributed by atoms with van der Waals surface area (Å²) in [5.41, 5.74) is 14.5. The van der Waals surface area contributed by atoms with E-state index in [2.05, 4.69) is 15.4 Å². The van der Waals surface area contributed by atoms with Crippen molar-refractivity contribution < 1.29 is 14.6 Å². The number of nitrogens with zero attached hydrogens (tertiary/aromatic N) is 4. The Hall–Kier alpha value is -2.95. The van der Waals surface area contributed by atoms with Gasteiger partial charge < -0.3 is 25.9 Å². The van der Waals surface area contributed by atoms with Gasteiger partial charge in [-0.2, -0.15) is 5.10 Å². The Morgan fingerprint density at radius 2 is 2.24 bits per heavy atom. The van der Waals surface area contributed by atoms with Crippen LogP contribution in [-0.2, 0) is 6.54 Å². The number of carbonyl (C=O) groups is 1. The number of amides is 1. The predicted octanol–water partition coefficient (Wildman–Crippen LogP) is 1.05. The van der Waals surface area contributed by atoms with Crippen molar-refractivity contribution in [1.29, 1.82) is 0 Å². The van der Waals surface area contributed by atoms with Crippen LogP contribution in [0.2, 0.25) is 0 Å². The van der Waals surface area contributed by atoms with Gasteiger partial charge in [0.25, 0.3) is 5.91 Å². The van der Waals surface area contributed by atoms with Gasteiger partial charge in [0.1, 0.15) is 29.8 Å². The summed E-state index contributed by atoms with van der Waals surface area (Å²) in [4.78, 5) is 17.6. The van der Waals surface area contributed by atoms with Crippen LogP contribution in [-0.4, -0.2) is 43.5 Å². The fourth-order valence-corrected chi connectivity index (χ4v) is 3.74. The summed E-state index contributed by atoms with van der Waals surface area (Å²) in [6, 6.07) is 5.07. The zero-order valence-corrected chi connectivity index (χ0v) is 16.4. The first-order chi connectivity index (χ1) is 13.9. The average molecular weight is 399 g/mol. The highest BCUT2D eigenvalue weighted by Gasteiger charge is 2.29. The maximum absolute atomic E-state index is 13.0. The molecule has 0 radical (unpaired) electrons. The Labute approximate surface area is 167 Å². The molecule has 6 N–H and O–H groups in total. The molecule has 2 atom stereocenters. The SMILES string of the molecule is CCn1nc(C)cc1C(=O)Nc1nc2cc(C(N)O)cc3c2n1[C@@H](CCN)CO3. The minimum Gasteiger partial charge on any atom is -0.489 e. The first-order valence-electron chi connectivity index (χ1n) is 9.61. The lowest BCUT2D eigenvalue weighted by atomic mass is 10.1. The number of aliphatic hydroxyl groups is 1. The van der Waals surface area contributed by atoms with Crippen molar-refractivity contribution in [2.24, 2.45) is 11.5 Å². The number of ether oxygens (including phenoxy) is 1. The van der Waals surface area contributed by atoms with Gasteiger partial charge in [-0.3, -0.25) is 14.8 Å². The van der Waals surface area contributed by atoms with Gasteiger partial charge in [0.15, 0.2) is 0 Å². The third-order valence-corrected chi connectivity index (χ3v) is 5.07. The van der Waals surface area contributed by atoms with E-state index in [0.29, 0.717) is 54.6 Å². The average Bonchev–Trinajstić information content (AvgIpc) is 3.25. The largest absolute Gasteiger partial charge is 0.489 e. The maximum atomic E-state index is 13.0. The number of carbonyl (C=O) groups excluding carboxylic acids is 1. The van der Waals surface area contributed by atoms with Gasteiger partial charge in [-0.1, -0.05) is 0 Å². The van der Waals surface area contributed by atoms with E-state index in [9.17, 15) is 9.90 Å². The number of aromatic nitrogens is 4. The van der Waals surface area contributed by atoms with Gasteiger partial charge in [-0.15, -0.1) is 0 Å². The molecule has 29 heavy (non-hydrogen) atoms. The fourth-order valence-electron chi connectivity index (χ4n) is 3.74. The second kappa shape index (κ2) is 7.47. The lowest BCUT2D eigenvalue weighted by Gasteiger charge is -2.27. The standard InChI is InChI=1S/C19H25N7O3/c1-3-25-14(6-10(2)24-25)18(28)23-19-22-13-7-11(17(21)27)8-15-16(13)26(19)12(4-5-20)9-29-15/h6-8,12,17,27H,3-5,9,20-21H2,1-2H3,(H,22,23,28)/t12-,17?/m0/s1. The van der Waals surface area contributed by atoms with E-state index in [1.807, 2.05) is 18.4 Å². The molecule has 154 valence electrons. The number of nitrogens with one attached hydrogen (secondary N) is 1. The summed E-state index contributed by atoms with van der Waals surface area (Å²) in [6.07, 6.45) is -0.479. The molecule has 2 aromatic heterocycles. The monoisotopic (exact) mass is 399 g/mol. The smallest absolute Gasteiger partial charge is 0.276 e. The minimum absolute atomic E-state index is 0.0701. The third-order valence-electron chi connectivity index (χ3n) is 5.07. The van der Waals surface area contributed by atoms with Gasteiger partial charge in [0, 0.05) is 12.1 Å².